The van der Waals surface area contributed by atoms with E-state index in [1.165, 1.54) is 18.5 Å². The van der Waals surface area contributed by atoms with Crippen molar-refractivity contribution in [2.24, 2.45) is 11.3 Å². The average Bonchev–Trinajstić information content (AvgIpc) is 3.40. The second-order valence-corrected chi connectivity index (χ2v) is 9.27. The molecule has 3 aliphatic rings. The quantitative estimate of drug-likeness (QED) is 0.806. The van der Waals surface area contributed by atoms with Crippen LogP contribution in [0.5, 0.6) is 0 Å². The van der Waals surface area contributed by atoms with Crippen molar-refractivity contribution in [1.29, 1.82) is 0 Å². The molecule has 1 N–H and O–H groups in total. The third kappa shape index (κ3) is 3.73. The molecule has 1 aliphatic carbocycles. The van der Waals surface area contributed by atoms with Gasteiger partial charge in [0.25, 0.3) is 0 Å². The van der Waals surface area contributed by atoms with E-state index in [1.807, 2.05) is 4.90 Å². The van der Waals surface area contributed by atoms with Crippen molar-refractivity contribution >= 4 is 22.6 Å². The lowest BCUT2D eigenvalue weighted by Crippen LogP contribution is -2.46. The molecule has 2 aliphatic heterocycles. The van der Waals surface area contributed by atoms with Crippen molar-refractivity contribution in [3.05, 3.63) is 30.1 Å². The smallest absolute Gasteiger partial charge is 0.368 e. The Balaban J connectivity index is 1.39. The minimum Gasteiger partial charge on any atom is -0.368 e. The number of aromatic nitrogens is 2. The minimum absolute atomic E-state index is 0.0766. The number of alkyl halides is 3. The summed E-state index contributed by atoms with van der Waals surface area (Å²) in [5, 5.41) is 3.25. The molecule has 2 aromatic rings. The SMILES string of the molecule is CN1CCC(NC(=O)C2CN(c3ccc(C(F)(F)F)c4nccnc34)CC23CC3)CC1. The van der Waals surface area contributed by atoms with Gasteiger partial charge in [0.2, 0.25) is 5.91 Å². The summed E-state index contributed by atoms with van der Waals surface area (Å²) in [5.41, 5.74) is -0.137. The lowest BCUT2D eigenvalue weighted by atomic mass is 9.91. The Morgan fingerprint density at radius 2 is 1.81 bits per heavy atom. The van der Waals surface area contributed by atoms with Crippen molar-refractivity contribution in [2.75, 3.05) is 38.1 Å². The number of carbonyl (C=O) groups is 1. The number of piperidine rings is 1. The fraction of sp³-hybridized carbons (Fsp3) is 0.591. The second kappa shape index (κ2) is 7.32. The van der Waals surface area contributed by atoms with Crippen molar-refractivity contribution in [2.45, 2.75) is 37.9 Å². The van der Waals surface area contributed by atoms with Crippen molar-refractivity contribution in [1.82, 2.24) is 20.2 Å². The molecule has 0 bridgehead atoms. The molecule has 6 nitrogen and oxygen atoms in total. The number of nitrogens with one attached hydrogen (secondary N) is 1. The van der Waals surface area contributed by atoms with E-state index in [9.17, 15) is 18.0 Å². The van der Waals surface area contributed by atoms with E-state index in [1.54, 1.807) is 0 Å². The third-order valence-electron chi connectivity index (χ3n) is 7.17. The van der Waals surface area contributed by atoms with Crippen LogP contribution in [0.2, 0.25) is 0 Å². The molecule has 31 heavy (non-hydrogen) atoms. The molecule has 3 heterocycles. The van der Waals surface area contributed by atoms with Gasteiger partial charge in [-0.05, 0) is 58.0 Å². The highest BCUT2D eigenvalue weighted by Crippen LogP contribution is 2.57. The summed E-state index contributed by atoms with van der Waals surface area (Å²) in [4.78, 5) is 25.6. The number of likely N-dealkylation sites (tertiary alicyclic amines) is 1. The molecule has 1 unspecified atom stereocenters. The number of amides is 1. The number of rotatable bonds is 3. The summed E-state index contributed by atoms with van der Waals surface area (Å²) in [7, 11) is 2.09. The second-order valence-electron chi connectivity index (χ2n) is 9.27. The maximum atomic E-state index is 13.4. The molecule has 1 saturated carbocycles. The summed E-state index contributed by atoms with van der Waals surface area (Å²) in [6.07, 6.45) is 2.05. The van der Waals surface area contributed by atoms with Gasteiger partial charge in [-0.1, -0.05) is 0 Å². The van der Waals surface area contributed by atoms with Crippen molar-refractivity contribution in [3.8, 4) is 0 Å². The summed E-state index contributed by atoms with van der Waals surface area (Å²) < 4.78 is 40.3. The minimum atomic E-state index is -4.49. The number of carbonyl (C=O) groups excluding carboxylic acids is 1. The van der Waals surface area contributed by atoms with E-state index in [-0.39, 0.29) is 34.3 Å². The van der Waals surface area contributed by atoms with Gasteiger partial charge in [0.15, 0.2) is 0 Å². The number of nitrogens with zero attached hydrogens (tertiary/aromatic N) is 4. The van der Waals surface area contributed by atoms with E-state index < -0.39 is 11.7 Å². The van der Waals surface area contributed by atoms with Crippen LogP contribution in [0.15, 0.2) is 24.5 Å². The summed E-state index contributed by atoms with van der Waals surface area (Å²) >= 11 is 0. The zero-order valence-corrected chi connectivity index (χ0v) is 17.5. The Morgan fingerprint density at radius 3 is 2.45 bits per heavy atom. The van der Waals surface area contributed by atoms with Crippen LogP contribution in [0.4, 0.5) is 18.9 Å². The van der Waals surface area contributed by atoms with Gasteiger partial charge in [-0.2, -0.15) is 13.2 Å². The monoisotopic (exact) mass is 433 g/mol. The first-order chi connectivity index (χ1) is 14.8. The number of hydrogen-bond donors (Lipinski definition) is 1. The van der Waals surface area contributed by atoms with Crippen LogP contribution in [0.3, 0.4) is 0 Å². The number of benzene rings is 1. The standard InChI is InChI=1S/C22H26F3N5O/c1-29-10-4-14(5-11-29)28-20(31)16-12-30(13-21(16)6-7-21)17-3-2-15(22(23,24)25)18-19(17)27-9-8-26-18/h2-3,8-9,14,16H,4-7,10-13H2,1H3,(H,28,31). The predicted octanol–water partition coefficient (Wildman–Crippen LogP) is 3.08. The molecular weight excluding hydrogens is 407 g/mol. The Kier molecular flexibility index (Phi) is 4.84. The Labute approximate surface area is 178 Å². The summed E-state index contributed by atoms with van der Waals surface area (Å²) in [6.45, 7) is 3.11. The normalized spacial score (nSPS) is 24.1. The van der Waals surface area contributed by atoms with E-state index in [0.29, 0.717) is 18.8 Å². The number of anilines is 1. The van der Waals surface area contributed by atoms with Crippen molar-refractivity contribution < 1.29 is 18.0 Å². The fourth-order valence-electron chi connectivity index (χ4n) is 5.16. The topological polar surface area (TPSA) is 61.4 Å². The Morgan fingerprint density at radius 1 is 1.13 bits per heavy atom. The summed E-state index contributed by atoms with van der Waals surface area (Å²) in [6, 6.07) is 2.76. The molecule has 1 aromatic heterocycles. The molecule has 166 valence electrons. The highest BCUT2D eigenvalue weighted by molar-refractivity contribution is 5.92. The van der Waals surface area contributed by atoms with Gasteiger partial charge in [-0.3, -0.25) is 14.8 Å². The number of hydrogen-bond acceptors (Lipinski definition) is 5. The van der Waals surface area contributed by atoms with Gasteiger partial charge >= 0.3 is 6.18 Å². The lowest BCUT2D eigenvalue weighted by molar-refractivity contribution is -0.136. The fourth-order valence-corrected chi connectivity index (χ4v) is 5.16. The molecular formula is C22H26F3N5O. The molecule has 1 aromatic carbocycles. The molecule has 0 radical (unpaired) electrons. The zero-order chi connectivity index (χ0) is 21.8. The summed E-state index contributed by atoms with van der Waals surface area (Å²) in [5.74, 6) is -0.0713. The zero-order valence-electron chi connectivity index (χ0n) is 17.5. The lowest BCUT2D eigenvalue weighted by Gasteiger charge is -2.30. The average molecular weight is 433 g/mol. The molecule has 2 saturated heterocycles. The largest absolute Gasteiger partial charge is 0.418 e. The first kappa shape index (κ1) is 20.5. The van der Waals surface area contributed by atoms with Crippen molar-refractivity contribution in [3.63, 3.8) is 0 Å². The predicted molar refractivity (Wildman–Crippen MR) is 111 cm³/mol. The van der Waals surface area contributed by atoms with Crippen LogP contribution >= 0.6 is 0 Å². The molecule has 9 heteroatoms. The molecule has 1 atom stereocenters. The van der Waals surface area contributed by atoms with E-state index in [0.717, 1.165) is 44.8 Å². The van der Waals surface area contributed by atoms with Gasteiger partial charge in [-0.25, -0.2) is 0 Å². The molecule has 3 fully saturated rings. The first-order valence-corrected chi connectivity index (χ1v) is 10.8. The third-order valence-corrected chi connectivity index (χ3v) is 7.17. The molecule has 1 amide bonds. The number of halogens is 3. The van der Waals surface area contributed by atoms with Crippen LogP contribution in [0.25, 0.3) is 11.0 Å². The van der Waals surface area contributed by atoms with Gasteiger partial charge in [0.05, 0.1) is 17.2 Å². The van der Waals surface area contributed by atoms with Crippen LogP contribution in [-0.4, -0.2) is 60.0 Å². The first-order valence-electron chi connectivity index (χ1n) is 10.8. The Bertz CT molecular complexity index is 998. The van der Waals surface area contributed by atoms with E-state index >= 15 is 0 Å². The maximum Gasteiger partial charge on any atom is 0.418 e. The molecule has 1 spiro atoms. The highest BCUT2D eigenvalue weighted by Gasteiger charge is 2.58. The maximum absolute atomic E-state index is 13.4. The van der Waals surface area contributed by atoms with Gasteiger partial charge in [-0.15, -0.1) is 0 Å². The highest BCUT2D eigenvalue weighted by atomic mass is 19.4. The van der Waals surface area contributed by atoms with Crippen LogP contribution in [0.1, 0.15) is 31.2 Å². The van der Waals surface area contributed by atoms with Gasteiger partial charge < -0.3 is 15.1 Å². The van der Waals surface area contributed by atoms with Gasteiger partial charge in [0, 0.05) is 36.9 Å². The number of fused-ring (bicyclic) bond motifs is 1. The Hall–Kier alpha value is -2.42. The van der Waals surface area contributed by atoms with Crippen LogP contribution in [0, 0.1) is 11.3 Å². The van der Waals surface area contributed by atoms with E-state index in [4.69, 9.17) is 0 Å². The van der Waals surface area contributed by atoms with Crippen LogP contribution in [-0.2, 0) is 11.0 Å². The van der Waals surface area contributed by atoms with Gasteiger partial charge in [0.1, 0.15) is 11.0 Å². The molecule has 5 rings (SSSR count). The van der Waals surface area contributed by atoms with Crippen LogP contribution < -0.4 is 10.2 Å². The van der Waals surface area contributed by atoms with E-state index in [2.05, 4.69) is 27.2 Å².